The third kappa shape index (κ3) is 1.62. The summed E-state index contributed by atoms with van der Waals surface area (Å²) >= 11 is 2.08. The van der Waals surface area contributed by atoms with Crippen LogP contribution in [0.3, 0.4) is 0 Å². The normalized spacial score (nSPS) is 29.3. The SMILES string of the molecule is CCC(CN)C1CCS1. The standard InChI is InChI=1S/C7H15NS/c1-2-6(5-8)7-3-4-9-7/h6-7H,2-5,8H2,1H3. The number of rotatable bonds is 3. The van der Waals surface area contributed by atoms with Crippen LogP contribution in [0.25, 0.3) is 0 Å². The Hall–Kier alpha value is 0.310. The van der Waals surface area contributed by atoms with E-state index in [0.717, 1.165) is 17.7 Å². The van der Waals surface area contributed by atoms with E-state index < -0.39 is 0 Å². The molecule has 0 aromatic rings. The van der Waals surface area contributed by atoms with Gasteiger partial charge in [0.1, 0.15) is 0 Å². The zero-order chi connectivity index (χ0) is 6.69. The Morgan fingerprint density at radius 1 is 1.78 bits per heavy atom. The summed E-state index contributed by atoms with van der Waals surface area (Å²) in [6.45, 7) is 3.12. The van der Waals surface area contributed by atoms with Gasteiger partial charge >= 0.3 is 0 Å². The van der Waals surface area contributed by atoms with Crippen molar-refractivity contribution in [2.45, 2.75) is 25.0 Å². The highest BCUT2D eigenvalue weighted by molar-refractivity contribution is 8.01. The molecule has 1 nitrogen and oxygen atoms in total. The second kappa shape index (κ2) is 3.47. The van der Waals surface area contributed by atoms with Gasteiger partial charge in [0.05, 0.1) is 0 Å². The van der Waals surface area contributed by atoms with Gasteiger partial charge in [-0.3, -0.25) is 0 Å². The fourth-order valence-electron chi connectivity index (χ4n) is 1.21. The van der Waals surface area contributed by atoms with E-state index in [1.165, 1.54) is 18.6 Å². The van der Waals surface area contributed by atoms with Crippen LogP contribution < -0.4 is 5.73 Å². The van der Waals surface area contributed by atoms with E-state index in [-0.39, 0.29) is 0 Å². The molecule has 2 heteroatoms. The van der Waals surface area contributed by atoms with E-state index in [0.29, 0.717) is 0 Å². The average Bonchev–Trinajstić information content (AvgIpc) is 1.78. The molecule has 1 rings (SSSR count). The monoisotopic (exact) mass is 145 g/mol. The van der Waals surface area contributed by atoms with Crippen LogP contribution >= 0.6 is 11.8 Å². The molecule has 0 saturated carbocycles. The van der Waals surface area contributed by atoms with Gasteiger partial charge < -0.3 is 5.73 Å². The summed E-state index contributed by atoms with van der Waals surface area (Å²) in [6.07, 6.45) is 2.66. The predicted octanol–water partition coefficient (Wildman–Crippen LogP) is 1.48. The van der Waals surface area contributed by atoms with Crippen LogP contribution in [-0.2, 0) is 0 Å². The molecular weight excluding hydrogens is 130 g/mol. The molecule has 54 valence electrons. The van der Waals surface area contributed by atoms with Gasteiger partial charge in [-0.05, 0) is 24.6 Å². The van der Waals surface area contributed by atoms with Gasteiger partial charge in [-0.25, -0.2) is 0 Å². The van der Waals surface area contributed by atoms with Crippen LogP contribution in [0.1, 0.15) is 19.8 Å². The maximum absolute atomic E-state index is 5.58. The summed E-state index contributed by atoms with van der Waals surface area (Å²) in [5, 5.41) is 0.903. The molecule has 2 unspecified atom stereocenters. The Labute approximate surface area is 61.4 Å². The predicted molar refractivity (Wildman–Crippen MR) is 43.7 cm³/mol. The summed E-state index contributed by atoms with van der Waals surface area (Å²) in [4.78, 5) is 0. The topological polar surface area (TPSA) is 26.0 Å². The van der Waals surface area contributed by atoms with Crippen molar-refractivity contribution in [3.8, 4) is 0 Å². The van der Waals surface area contributed by atoms with Crippen molar-refractivity contribution in [2.75, 3.05) is 12.3 Å². The largest absolute Gasteiger partial charge is 0.330 e. The van der Waals surface area contributed by atoms with Crippen molar-refractivity contribution >= 4 is 11.8 Å². The third-order valence-electron chi connectivity index (χ3n) is 2.09. The second-order valence-corrected chi connectivity index (χ2v) is 3.95. The first kappa shape index (κ1) is 7.42. The molecular formula is C7H15NS. The van der Waals surface area contributed by atoms with Crippen molar-refractivity contribution in [1.82, 2.24) is 0 Å². The highest BCUT2D eigenvalue weighted by Crippen LogP contribution is 2.34. The molecule has 0 aromatic carbocycles. The Bertz CT molecular complexity index is 77.0. The summed E-state index contributed by atoms with van der Waals surface area (Å²) in [5.41, 5.74) is 5.58. The van der Waals surface area contributed by atoms with E-state index >= 15 is 0 Å². The molecule has 0 radical (unpaired) electrons. The summed E-state index contributed by atoms with van der Waals surface area (Å²) < 4.78 is 0. The number of hydrogen-bond acceptors (Lipinski definition) is 2. The quantitative estimate of drug-likeness (QED) is 0.651. The van der Waals surface area contributed by atoms with Crippen molar-refractivity contribution in [3.05, 3.63) is 0 Å². The summed E-state index contributed by atoms with van der Waals surface area (Å²) in [7, 11) is 0. The fraction of sp³-hybridized carbons (Fsp3) is 1.00. The Kier molecular flexibility index (Phi) is 2.86. The van der Waals surface area contributed by atoms with E-state index in [2.05, 4.69) is 18.7 Å². The first-order valence-electron chi connectivity index (χ1n) is 3.70. The smallest absolute Gasteiger partial charge is 0.00950 e. The number of thioether (sulfide) groups is 1. The molecule has 0 amide bonds. The molecule has 9 heavy (non-hydrogen) atoms. The van der Waals surface area contributed by atoms with E-state index in [1.54, 1.807) is 0 Å². The van der Waals surface area contributed by atoms with Crippen LogP contribution in [-0.4, -0.2) is 17.5 Å². The molecule has 2 N–H and O–H groups in total. The van der Waals surface area contributed by atoms with Crippen molar-refractivity contribution in [2.24, 2.45) is 11.7 Å². The Morgan fingerprint density at radius 3 is 2.56 bits per heavy atom. The minimum absolute atomic E-state index is 0.795. The lowest BCUT2D eigenvalue weighted by molar-refractivity contribution is 0.476. The third-order valence-corrected chi connectivity index (χ3v) is 3.61. The molecule has 2 atom stereocenters. The Balaban J connectivity index is 2.19. The van der Waals surface area contributed by atoms with E-state index in [4.69, 9.17) is 5.73 Å². The zero-order valence-electron chi connectivity index (χ0n) is 5.97. The van der Waals surface area contributed by atoms with Crippen LogP contribution in [0, 0.1) is 5.92 Å². The fourth-order valence-corrected chi connectivity index (χ4v) is 2.29. The molecule has 1 aliphatic heterocycles. The van der Waals surface area contributed by atoms with E-state index in [1.807, 2.05) is 0 Å². The molecule has 1 saturated heterocycles. The molecule has 0 aliphatic carbocycles. The second-order valence-electron chi connectivity index (χ2n) is 2.60. The summed E-state index contributed by atoms with van der Waals surface area (Å²) in [5.74, 6) is 2.16. The zero-order valence-corrected chi connectivity index (χ0v) is 6.79. The van der Waals surface area contributed by atoms with Gasteiger partial charge in [0.2, 0.25) is 0 Å². The lowest BCUT2D eigenvalue weighted by atomic mass is 10.00. The maximum Gasteiger partial charge on any atom is 0.00950 e. The first-order chi connectivity index (χ1) is 4.38. The molecule has 1 heterocycles. The van der Waals surface area contributed by atoms with Crippen LogP contribution in [0.15, 0.2) is 0 Å². The minimum atomic E-state index is 0.795. The molecule has 1 fully saturated rings. The Morgan fingerprint density at radius 2 is 2.44 bits per heavy atom. The molecule has 0 bridgehead atoms. The average molecular weight is 145 g/mol. The summed E-state index contributed by atoms with van der Waals surface area (Å²) in [6, 6.07) is 0. The van der Waals surface area contributed by atoms with Crippen molar-refractivity contribution < 1.29 is 0 Å². The lowest BCUT2D eigenvalue weighted by Gasteiger charge is -2.31. The highest BCUT2D eigenvalue weighted by Gasteiger charge is 2.25. The van der Waals surface area contributed by atoms with E-state index in [9.17, 15) is 0 Å². The minimum Gasteiger partial charge on any atom is -0.330 e. The van der Waals surface area contributed by atoms with Crippen molar-refractivity contribution in [1.29, 1.82) is 0 Å². The first-order valence-corrected chi connectivity index (χ1v) is 4.75. The van der Waals surface area contributed by atoms with Crippen LogP contribution in [0.2, 0.25) is 0 Å². The van der Waals surface area contributed by atoms with Gasteiger partial charge in [0.15, 0.2) is 0 Å². The highest BCUT2D eigenvalue weighted by atomic mass is 32.2. The molecule has 1 aliphatic rings. The van der Waals surface area contributed by atoms with Gasteiger partial charge in [0.25, 0.3) is 0 Å². The lowest BCUT2D eigenvalue weighted by Crippen LogP contribution is -2.30. The molecule has 0 aromatic heterocycles. The number of hydrogen-bond donors (Lipinski definition) is 1. The van der Waals surface area contributed by atoms with Crippen LogP contribution in [0.5, 0.6) is 0 Å². The van der Waals surface area contributed by atoms with Crippen LogP contribution in [0.4, 0.5) is 0 Å². The van der Waals surface area contributed by atoms with Gasteiger partial charge in [0, 0.05) is 5.25 Å². The molecule has 0 spiro atoms. The van der Waals surface area contributed by atoms with Gasteiger partial charge in [-0.2, -0.15) is 11.8 Å². The van der Waals surface area contributed by atoms with Gasteiger partial charge in [-0.15, -0.1) is 0 Å². The maximum atomic E-state index is 5.58. The van der Waals surface area contributed by atoms with Gasteiger partial charge in [-0.1, -0.05) is 13.3 Å². The number of nitrogens with two attached hydrogens (primary N) is 1. The van der Waals surface area contributed by atoms with Crippen molar-refractivity contribution in [3.63, 3.8) is 0 Å².